The lowest BCUT2D eigenvalue weighted by Gasteiger charge is -2.34. The molecule has 2 saturated heterocycles. The van der Waals surface area contributed by atoms with Gasteiger partial charge in [0.2, 0.25) is 5.91 Å². The van der Waals surface area contributed by atoms with E-state index in [0.29, 0.717) is 26.1 Å². The summed E-state index contributed by atoms with van der Waals surface area (Å²) in [5.74, 6) is 0.318. The number of aryl methyl sites for hydroxylation is 1. The molecule has 4 N–H and O–H groups in total. The fourth-order valence-electron chi connectivity index (χ4n) is 3.61. The molecule has 1 aromatic rings. The summed E-state index contributed by atoms with van der Waals surface area (Å²) in [6.07, 6.45) is 1.98. The first-order valence-corrected chi connectivity index (χ1v) is 9.33. The van der Waals surface area contributed by atoms with Gasteiger partial charge in [-0.1, -0.05) is 17.7 Å². The number of β-amino-alcohol motifs (C(OH)–C–C–N with tert-alkyl or cyclic N) is 1. The third kappa shape index (κ3) is 4.95. The van der Waals surface area contributed by atoms with Crippen molar-refractivity contribution in [3.63, 3.8) is 0 Å². The molecule has 2 aliphatic rings. The molecule has 0 aliphatic carbocycles. The minimum absolute atomic E-state index is 0.0651. The summed E-state index contributed by atoms with van der Waals surface area (Å²) in [6, 6.07) is 7.15. The first-order chi connectivity index (χ1) is 12.5. The highest BCUT2D eigenvalue weighted by atomic mass is 16.3. The number of hydrogen-bond acceptors (Lipinski definition) is 4. The van der Waals surface area contributed by atoms with E-state index in [1.54, 1.807) is 0 Å². The van der Waals surface area contributed by atoms with Crippen LogP contribution in [0.2, 0.25) is 0 Å². The van der Waals surface area contributed by atoms with Gasteiger partial charge in [0.1, 0.15) is 0 Å². The highest BCUT2D eigenvalue weighted by Gasteiger charge is 2.33. The Morgan fingerprint density at radius 3 is 2.77 bits per heavy atom. The number of carbonyl (C=O) groups is 2. The molecule has 2 heterocycles. The Bertz CT molecular complexity index is 634. The lowest BCUT2D eigenvalue weighted by Crippen LogP contribution is -2.49. The maximum atomic E-state index is 12.6. The van der Waals surface area contributed by atoms with Crippen LogP contribution in [0.3, 0.4) is 0 Å². The largest absolute Gasteiger partial charge is 0.392 e. The summed E-state index contributed by atoms with van der Waals surface area (Å²) in [5, 5.41) is 18.4. The van der Waals surface area contributed by atoms with E-state index < -0.39 is 6.10 Å². The Balaban J connectivity index is 1.43. The van der Waals surface area contributed by atoms with Crippen LogP contribution in [0.5, 0.6) is 0 Å². The summed E-state index contributed by atoms with van der Waals surface area (Å²) >= 11 is 0. The normalized spacial score (nSPS) is 25.8. The number of piperidine rings is 1. The van der Waals surface area contributed by atoms with Crippen molar-refractivity contribution >= 4 is 17.6 Å². The Hall–Kier alpha value is -2.12. The lowest BCUT2D eigenvalue weighted by molar-refractivity contribution is -0.135. The van der Waals surface area contributed by atoms with Gasteiger partial charge in [0.15, 0.2) is 0 Å². The minimum atomic E-state index is -0.434. The number of anilines is 1. The Morgan fingerprint density at radius 1 is 1.31 bits per heavy atom. The summed E-state index contributed by atoms with van der Waals surface area (Å²) < 4.78 is 0. The van der Waals surface area contributed by atoms with Crippen molar-refractivity contribution in [2.75, 3.05) is 31.5 Å². The van der Waals surface area contributed by atoms with E-state index >= 15 is 0 Å². The standard InChI is InChI=1S/C19H28N4O3/c1-13-4-6-15(7-5-13)22-19(26)21-10-14-3-2-8-23(12-14)18(25)17-9-16(24)11-20-17/h4-7,14,16-17,20,24H,2-3,8-12H2,1H3,(H2,21,22,26). The average Bonchev–Trinajstić information content (AvgIpc) is 3.08. The van der Waals surface area contributed by atoms with Gasteiger partial charge in [-0.15, -0.1) is 0 Å². The summed E-state index contributed by atoms with van der Waals surface area (Å²) in [6.45, 7) is 4.43. The van der Waals surface area contributed by atoms with Crippen LogP contribution in [0.1, 0.15) is 24.8 Å². The molecule has 3 rings (SSSR count). The molecular weight excluding hydrogens is 332 g/mol. The molecule has 0 bridgehead atoms. The van der Waals surface area contributed by atoms with Crippen molar-refractivity contribution in [3.8, 4) is 0 Å². The van der Waals surface area contributed by atoms with Gasteiger partial charge in [0.25, 0.3) is 0 Å². The number of aliphatic hydroxyl groups excluding tert-OH is 1. The van der Waals surface area contributed by atoms with Gasteiger partial charge in [-0.05, 0) is 44.2 Å². The monoisotopic (exact) mass is 360 g/mol. The number of carbonyl (C=O) groups excluding carboxylic acids is 2. The van der Waals surface area contributed by atoms with E-state index in [-0.39, 0.29) is 23.9 Å². The average molecular weight is 360 g/mol. The Morgan fingerprint density at radius 2 is 2.08 bits per heavy atom. The highest BCUT2D eigenvalue weighted by molar-refractivity contribution is 5.89. The molecule has 3 amide bonds. The summed E-state index contributed by atoms with van der Waals surface area (Å²) in [7, 11) is 0. The summed E-state index contributed by atoms with van der Waals surface area (Å²) in [5.41, 5.74) is 1.91. The molecule has 7 heteroatoms. The Labute approximate surface area is 154 Å². The maximum Gasteiger partial charge on any atom is 0.319 e. The van der Waals surface area contributed by atoms with Crippen molar-refractivity contribution in [2.45, 2.75) is 38.3 Å². The van der Waals surface area contributed by atoms with Crippen LogP contribution in [0.4, 0.5) is 10.5 Å². The molecule has 2 aliphatic heterocycles. The second kappa shape index (κ2) is 8.51. The number of likely N-dealkylation sites (tertiary alicyclic amines) is 1. The molecule has 142 valence electrons. The number of nitrogens with one attached hydrogen (secondary N) is 3. The number of benzene rings is 1. The quantitative estimate of drug-likeness (QED) is 0.646. The zero-order chi connectivity index (χ0) is 18.5. The number of amides is 3. The van der Waals surface area contributed by atoms with E-state index in [0.717, 1.165) is 30.6 Å². The predicted molar refractivity (Wildman–Crippen MR) is 99.9 cm³/mol. The zero-order valence-electron chi connectivity index (χ0n) is 15.2. The molecule has 26 heavy (non-hydrogen) atoms. The SMILES string of the molecule is Cc1ccc(NC(=O)NCC2CCCN(C(=O)C3CC(O)CN3)C2)cc1. The second-order valence-electron chi connectivity index (χ2n) is 7.34. The van der Waals surface area contributed by atoms with E-state index in [9.17, 15) is 14.7 Å². The molecule has 2 fully saturated rings. The fourth-order valence-corrected chi connectivity index (χ4v) is 3.61. The number of urea groups is 1. The first-order valence-electron chi connectivity index (χ1n) is 9.33. The van der Waals surface area contributed by atoms with Crippen LogP contribution in [0.25, 0.3) is 0 Å². The summed E-state index contributed by atoms with van der Waals surface area (Å²) in [4.78, 5) is 26.5. The smallest absolute Gasteiger partial charge is 0.319 e. The molecule has 0 radical (unpaired) electrons. The number of rotatable bonds is 4. The van der Waals surface area contributed by atoms with Gasteiger partial charge in [-0.3, -0.25) is 4.79 Å². The number of hydrogen-bond donors (Lipinski definition) is 4. The molecule has 3 unspecified atom stereocenters. The van der Waals surface area contributed by atoms with E-state index in [1.165, 1.54) is 0 Å². The minimum Gasteiger partial charge on any atom is -0.392 e. The molecule has 7 nitrogen and oxygen atoms in total. The maximum absolute atomic E-state index is 12.6. The Kier molecular flexibility index (Phi) is 6.11. The van der Waals surface area contributed by atoms with Gasteiger partial charge in [-0.25, -0.2) is 4.79 Å². The number of aliphatic hydroxyl groups is 1. The topological polar surface area (TPSA) is 93.7 Å². The van der Waals surface area contributed by atoms with Gasteiger partial charge in [0.05, 0.1) is 12.1 Å². The molecular formula is C19H28N4O3. The highest BCUT2D eigenvalue weighted by Crippen LogP contribution is 2.19. The van der Waals surface area contributed by atoms with Crippen LogP contribution in [0.15, 0.2) is 24.3 Å². The van der Waals surface area contributed by atoms with Crippen molar-refractivity contribution in [2.24, 2.45) is 5.92 Å². The third-order valence-corrected chi connectivity index (χ3v) is 5.10. The molecule has 0 aromatic heterocycles. The molecule has 3 atom stereocenters. The van der Waals surface area contributed by atoms with Gasteiger partial charge in [-0.2, -0.15) is 0 Å². The fraction of sp³-hybridized carbons (Fsp3) is 0.579. The predicted octanol–water partition coefficient (Wildman–Crippen LogP) is 1.08. The first kappa shape index (κ1) is 18.7. The zero-order valence-corrected chi connectivity index (χ0v) is 15.2. The van der Waals surface area contributed by atoms with Gasteiger partial charge >= 0.3 is 6.03 Å². The van der Waals surface area contributed by atoms with E-state index in [2.05, 4.69) is 16.0 Å². The van der Waals surface area contributed by atoms with Crippen LogP contribution in [0, 0.1) is 12.8 Å². The van der Waals surface area contributed by atoms with Crippen molar-refractivity contribution in [1.82, 2.24) is 15.5 Å². The lowest BCUT2D eigenvalue weighted by atomic mass is 9.97. The number of nitrogens with zero attached hydrogens (tertiary/aromatic N) is 1. The van der Waals surface area contributed by atoms with Gasteiger partial charge < -0.3 is 26.0 Å². The van der Waals surface area contributed by atoms with Crippen LogP contribution in [-0.2, 0) is 4.79 Å². The van der Waals surface area contributed by atoms with Crippen molar-refractivity contribution in [3.05, 3.63) is 29.8 Å². The van der Waals surface area contributed by atoms with E-state index in [4.69, 9.17) is 0 Å². The molecule has 0 saturated carbocycles. The van der Waals surface area contributed by atoms with Crippen LogP contribution >= 0.6 is 0 Å². The molecule has 1 aromatic carbocycles. The third-order valence-electron chi connectivity index (χ3n) is 5.10. The van der Waals surface area contributed by atoms with Crippen molar-refractivity contribution in [1.29, 1.82) is 0 Å². The second-order valence-corrected chi connectivity index (χ2v) is 7.34. The van der Waals surface area contributed by atoms with Gasteiger partial charge in [0, 0.05) is 31.9 Å². The van der Waals surface area contributed by atoms with Crippen LogP contribution in [-0.4, -0.2) is 60.3 Å². The van der Waals surface area contributed by atoms with E-state index in [1.807, 2.05) is 36.1 Å². The van der Waals surface area contributed by atoms with Crippen molar-refractivity contribution < 1.29 is 14.7 Å². The molecule has 0 spiro atoms. The van der Waals surface area contributed by atoms with Crippen LogP contribution < -0.4 is 16.0 Å².